The van der Waals surface area contributed by atoms with Crippen molar-refractivity contribution < 1.29 is 9.90 Å². The highest BCUT2D eigenvalue weighted by Crippen LogP contribution is 2.34. The van der Waals surface area contributed by atoms with Crippen LogP contribution in [0, 0.1) is 11.3 Å². The molecule has 1 N–H and O–H groups in total. The average Bonchev–Trinajstić information content (AvgIpc) is 2.15. The smallest absolute Gasteiger partial charge is 0.248 e. The van der Waals surface area contributed by atoms with Crippen LogP contribution < -0.4 is 0 Å². The van der Waals surface area contributed by atoms with Crippen molar-refractivity contribution in [2.75, 3.05) is 19.7 Å². The fourth-order valence-electron chi connectivity index (χ4n) is 2.09. The molecule has 0 aromatic heterocycles. The SMILES string of the molecule is CC(C)(C)C1CCN(C(=O)CO)CC1. The molecule has 0 radical (unpaired) electrons. The Morgan fingerprint density at radius 1 is 1.36 bits per heavy atom. The number of likely N-dealkylation sites (tertiary alicyclic amines) is 1. The van der Waals surface area contributed by atoms with Crippen molar-refractivity contribution in [3.05, 3.63) is 0 Å². The molecule has 0 bridgehead atoms. The van der Waals surface area contributed by atoms with E-state index in [1.54, 1.807) is 4.90 Å². The molecular weight excluding hydrogens is 178 g/mol. The highest BCUT2D eigenvalue weighted by Gasteiger charge is 2.29. The summed E-state index contributed by atoms with van der Waals surface area (Å²) in [5.41, 5.74) is 0.342. The van der Waals surface area contributed by atoms with E-state index >= 15 is 0 Å². The largest absolute Gasteiger partial charge is 0.387 e. The van der Waals surface area contributed by atoms with E-state index in [0.29, 0.717) is 11.3 Å². The third-order valence-electron chi connectivity index (χ3n) is 3.21. The third-order valence-corrected chi connectivity index (χ3v) is 3.21. The summed E-state index contributed by atoms with van der Waals surface area (Å²) in [5, 5.41) is 8.72. The maximum absolute atomic E-state index is 11.2. The number of hydrogen-bond donors (Lipinski definition) is 1. The van der Waals surface area contributed by atoms with Crippen molar-refractivity contribution in [1.82, 2.24) is 4.90 Å². The van der Waals surface area contributed by atoms with Gasteiger partial charge in [-0.25, -0.2) is 0 Å². The Balaban J connectivity index is 2.43. The summed E-state index contributed by atoms with van der Waals surface area (Å²) < 4.78 is 0. The van der Waals surface area contributed by atoms with Gasteiger partial charge in [-0.3, -0.25) is 4.79 Å². The summed E-state index contributed by atoms with van der Waals surface area (Å²) in [6, 6.07) is 0. The lowest BCUT2D eigenvalue weighted by Gasteiger charge is -2.38. The molecule has 14 heavy (non-hydrogen) atoms. The first kappa shape index (κ1) is 11.5. The van der Waals surface area contributed by atoms with Gasteiger partial charge in [0, 0.05) is 13.1 Å². The lowest BCUT2D eigenvalue weighted by atomic mass is 9.75. The number of piperidine rings is 1. The van der Waals surface area contributed by atoms with Gasteiger partial charge in [-0.05, 0) is 24.2 Å². The van der Waals surface area contributed by atoms with E-state index in [-0.39, 0.29) is 12.5 Å². The van der Waals surface area contributed by atoms with Gasteiger partial charge in [0.25, 0.3) is 0 Å². The number of rotatable bonds is 1. The number of carbonyl (C=O) groups is 1. The van der Waals surface area contributed by atoms with Gasteiger partial charge in [0.2, 0.25) is 5.91 Å². The molecule has 0 saturated carbocycles. The Morgan fingerprint density at radius 3 is 2.21 bits per heavy atom. The van der Waals surface area contributed by atoms with Crippen LogP contribution in [0.5, 0.6) is 0 Å². The molecule has 0 unspecified atom stereocenters. The molecule has 1 rings (SSSR count). The predicted octanol–water partition coefficient (Wildman–Crippen LogP) is 1.26. The summed E-state index contributed by atoms with van der Waals surface area (Å²) in [7, 11) is 0. The third kappa shape index (κ3) is 2.71. The van der Waals surface area contributed by atoms with E-state index in [1.807, 2.05) is 0 Å². The number of nitrogens with zero attached hydrogens (tertiary/aromatic N) is 1. The summed E-state index contributed by atoms with van der Waals surface area (Å²) in [6.45, 7) is 8.02. The van der Waals surface area contributed by atoms with Crippen LogP contribution in [-0.4, -0.2) is 35.6 Å². The Kier molecular flexibility index (Phi) is 3.53. The molecule has 0 aromatic rings. The normalized spacial score (nSPS) is 19.9. The van der Waals surface area contributed by atoms with Gasteiger partial charge in [0.05, 0.1) is 0 Å². The van der Waals surface area contributed by atoms with Gasteiger partial charge >= 0.3 is 0 Å². The van der Waals surface area contributed by atoms with Gasteiger partial charge in [-0.1, -0.05) is 20.8 Å². The zero-order valence-electron chi connectivity index (χ0n) is 9.42. The van der Waals surface area contributed by atoms with Gasteiger partial charge < -0.3 is 10.0 Å². The highest BCUT2D eigenvalue weighted by atomic mass is 16.3. The molecule has 1 amide bonds. The van der Waals surface area contributed by atoms with E-state index in [2.05, 4.69) is 20.8 Å². The number of amides is 1. The molecule has 1 saturated heterocycles. The Morgan fingerprint density at radius 2 is 1.86 bits per heavy atom. The van der Waals surface area contributed by atoms with Crippen LogP contribution in [0.2, 0.25) is 0 Å². The second kappa shape index (κ2) is 4.30. The fourth-order valence-corrected chi connectivity index (χ4v) is 2.09. The van der Waals surface area contributed by atoms with E-state index in [1.165, 1.54) is 0 Å². The zero-order chi connectivity index (χ0) is 10.8. The highest BCUT2D eigenvalue weighted by molar-refractivity contribution is 5.77. The molecule has 1 heterocycles. The topological polar surface area (TPSA) is 40.5 Å². The van der Waals surface area contributed by atoms with Crippen LogP contribution in [0.15, 0.2) is 0 Å². The standard InChI is InChI=1S/C11H21NO2/c1-11(2,3)9-4-6-12(7-5-9)10(14)8-13/h9,13H,4-8H2,1-3H3. The second-order valence-corrected chi connectivity index (χ2v) is 5.18. The van der Waals surface area contributed by atoms with Gasteiger partial charge in [-0.15, -0.1) is 0 Å². The van der Waals surface area contributed by atoms with Gasteiger partial charge in [-0.2, -0.15) is 0 Å². The van der Waals surface area contributed by atoms with E-state index in [4.69, 9.17) is 5.11 Å². The molecule has 0 aromatic carbocycles. The van der Waals surface area contributed by atoms with Crippen LogP contribution in [0.25, 0.3) is 0 Å². The number of aliphatic hydroxyl groups is 1. The molecule has 3 nitrogen and oxygen atoms in total. The first-order valence-electron chi connectivity index (χ1n) is 5.34. The molecule has 1 aliphatic heterocycles. The van der Waals surface area contributed by atoms with Crippen molar-refractivity contribution in [2.45, 2.75) is 33.6 Å². The van der Waals surface area contributed by atoms with Crippen molar-refractivity contribution in [3.63, 3.8) is 0 Å². The van der Waals surface area contributed by atoms with E-state index in [9.17, 15) is 4.79 Å². The first-order chi connectivity index (χ1) is 6.45. The van der Waals surface area contributed by atoms with Crippen molar-refractivity contribution in [2.24, 2.45) is 11.3 Å². The molecule has 82 valence electrons. The van der Waals surface area contributed by atoms with Crippen LogP contribution in [0.4, 0.5) is 0 Å². The van der Waals surface area contributed by atoms with Crippen LogP contribution in [0.3, 0.4) is 0 Å². The molecule has 3 heteroatoms. The number of aliphatic hydroxyl groups excluding tert-OH is 1. The fraction of sp³-hybridized carbons (Fsp3) is 0.909. The van der Waals surface area contributed by atoms with Crippen molar-refractivity contribution in [3.8, 4) is 0 Å². The molecule has 0 spiro atoms. The zero-order valence-corrected chi connectivity index (χ0v) is 9.42. The van der Waals surface area contributed by atoms with Gasteiger partial charge in [0.1, 0.15) is 6.61 Å². The monoisotopic (exact) mass is 199 g/mol. The van der Waals surface area contributed by atoms with Crippen LogP contribution >= 0.6 is 0 Å². The van der Waals surface area contributed by atoms with Crippen molar-refractivity contribution >= 4 is 5.91 Å². The van der Waals surface area contributed by atoms with Crippen LogP contribution in [0.1, 0.15) is 33.6 Å². The quantitative estimate of drug-likeness (QED) is 0.690. The maximum atomic E-state index is 11.2. The summed E-state index contributed by atoms with van der Waals surface area (Å²) in [6.07, 6.45) is 2.13. The minimum Gasteiger partial charge on any atom is -0.387 e. The Bertz CT molecular complexity index is 200. The van der Waals surface area contributed by atoms with Crippen molar-refractivity contribution in [1.29, 1.82) is 0 Å². The molecule has 1 fully saturated rings. The summed E-state index contributed by atoms with van der Waals surface area (Å²) >= 11 is 0. The number of hydrogen-bond acceptors (Lipinski definition) is 2. The Labute approximate surface area is 86.1 Å². The molecular formula is C11H21NO2. The average molecular weight is 199 g/mol. The van der Waals surface area contributed by atoms with E-state index < -0.39 is 0 Å². The molecule has 0 aliphatic carbocycles. The predicted molar refractivity (Wildman–Crippen MR) is 55.8 cm³/mol. The first-order valence-corrected chi connectivity index (χ1v) is 5.34. The maximum Gasteiger partial charge on any atom is 0.248 e. The lowest BCUT2D eigenvalue weighted by Crippen LogP contribution is -2.42. The summed E-state index contributed by atoms with van der Waals surface area (Å²) in [5.74, 6) is 0.572. The minimum atomic E-state index is -0.347. The minimum absolute atomic E-state index is 0.127. The second-order valence-electron chi connectivity index (χ2n) is 5.18. The Hall–Kier alpha value is -0.570. The van der Waals surface area contributed by atoms with Gasteiger partial charge in [0.15, 0.2) is 0 Å². The van der Waals surface area contributed by atoms with E-state index in [0.717, 1.165) is 25.9 Å². The number of carbonyl (C=O) groups excluding carboxylic acids is 1. The van der Waals surface area contributed by atoms with Crippen LogP contribution in [-0.2, 0) is 4.79 Å². The lowest BCUT2D eigenvalue weighted by molar-refractivity contribution is -0.136. The summed E-state index contributed by atoms with van der Waals surface area (Å²) in [4.78, 5) is 13.0. The molecule has 1 aliphatic rings. The molecule has 0 atom stereocenters.